The van der Waals surface area contributed by atoms with Crippen LogP contribution >= 0.6 is 24.8 Å². The largest absolute Gasteiger partial charge is 0.338 e. The summed E-state index contributed by atoms with van der Waals surface area (Å²) >= 11 is 0. The summed E-state index contributed by atoms with van der Waals surface area (Å²) in [5.74, 6) is 0.774. The van der Waals surface area contributed by atoms with E-state index in [2.05, 4.69) is 47.9 Å². The third kappa shape index (κ3) is 4.18. The lowest BCUT2D eigenvalue weighted by molar-refractivity contribution is 0.245. The summed E-state index contributed by atoms with van der Waals surface area (Å²) in [7, 11) is 0. The Labute approximate surface area is 158 Å². The first-order valence-corrected chi connectivity index (χ1v) is 7.83. The van der Waals surface area contributed by atoms with Crippen LogP contribution in [-0.4, -0.2) is 56.2 Å². The zero-order chi connectivity index (χ0) is 15.6. The van der Waals surface area contributed by atoms with Crippen molar-refractivity contribution in [3.05, 3.63) is 42.0 Å². The number of hydrogen-bond donors (Lipinski definition) is 1. The maximum Gasteiger partial charge on any atom is 0.227 e. The fourth-order valence-corrected chi connectivity index (χ4v) is 2.88. The number of aromatic nitrogens is 5. The van der Waals surface area contributed by atoms with E-state index >= 15 is 0 Å². The Bertz CT molecular complexity index is 815. The summed E-state index contributed by atoms with van der Waals surface area (Å²) in [6.07, 6.45) is 5.43. The summed E-state index contributed by atoms with van der Waals surface area (Å²) in [5, 5.41) is 7.84. The van der Waals surface area contributed by atoms with Crippen LogP contribution in [0, 0.1) is 6.92 Å². The second-order valence-corrected chi connectivity index (χ2v) is 5.87. The van der Waals surface area contributed by atoms with Gasteiger partial charge in [0.25, 0.3) is 0 Å². The van der Waals surface area contributed by atoms with E-state index in [4.69, 9.17) is 0 Å². The van der Waals surface area contributed by atoms with Crippen LogP contribution in [0.3, 0.4) is 0 Å². The van der Waals surface area contributed by atoms with E-state index in [9.17, 15) is 0 Å². The molecular weight excluding hydrogens is 361 g/mol. The van der Waals surface area contributed by atoms with Gasteiger partial charge in [-0.25, -0.2) is 4.98 Å². The number of aromatic amines is 1. The third-order valence-corrected chi connectivity index (χ3v) is 4.32. The van der Waals surface area contributed by atoms with Crippen molar-refractivity contribution in [1.29, 1.82) is 0 Å². The fourth-order valence-electron chi connectivity index (χ4n) is 2.88. The average molecular weight is 382 g/mol. The maximum absolute atomic E-state index is 4.55. The van der Waals surface area contributed by atoms with E-state index in [1.54, 1.807) is 6.20 Å². The Morgan fingerprint density at radius 2 is 1.88 bits per heavy atom. The molecule has 4 heterocycles. The van der Waals surface area contributed by atoms with Gasteiger partial charge in [0.15, 0.2) is 5.65 Å². The quantitative estimate of drug-likeness (QED) is 0.749. The Kier molecular flexibility index (Phi) is 6.52. The summed E-state index contributed by atoms with van der Waals surface area (Å²) in [4.78, 5) is 18.1. The molecule has 4 rings (SSSR count). The monoisotopic (exact) mass is 381 g/mol. The average Bonchev–Trinajstić information content (AvgIpc) is 3.05. The van der Waals surface area contributed by atoms with Crippen LogP contribution in [0.25, 0.3) is 11.0 Å². The van der Waals surface area contributed by atoms with Crippen molar-refractivity contribution in [1.82, 2.24) is 30.0 Å². The molecule has 1 fully saturated rings. The van der Waals surface area contributed by atoms with Gasteiger partial charge >= 0.3 is 0 Å². The fraction of sp³-hybridized carbons (Fsp3) is 0.375. The van der Waals surface area contributed by atoms with Crippen molar-refractivity contribution in [2.24, 2.45) is 0 Å². The Morgan fingerprint density at radius 1 is 1.08 bits per heavy atom. The van der Waals surface area contributed by atoms with Gasteiger partial charge in [0.05, 0.1) is 17.3 Å². The number of pyridine rings is 1. The number of nitrogens with zero attached hydrogens (tertiary/aromatic N) is 6. The molecule has 1 aliphatic heterocycles. The minimum Gasteiger partial charge on any atom is -0.338 e. The Hall–Kier alpha value is -1.96. The van der Waals surface area contributed by atoms with Crippen molar-refractivity contribution < 1.29 is 0 Å². The van der Waals surface area contributed by atoms with Gasteiger partial charge in [-0.1, -0.05) is 6.07 Å². The molecule has 134 valence electrons. The van der Waals surface area contributed by atoms with Crippen molar-refractivity contribution in [3.63, 3.8) is 0 Å². The van der Waals surface area contributed by atoms with Gasteiger partial charge in [-0.15, -0.1) is 24.8 Å². The highest BCUT2D eigenvalue weighted by Gasteiger charge is 2.20. The van der Waals surface area contributed by atoms with Gasteiger partial charge in [-0.3, -0.25) is 15.0 Å². The lowest BCUT2D eigenvalue weighted by Gasteiger charge is -2.34. The zero-order valence-electron chi connectivity index (χ0n) is 13.9. The minimum atomic E-state index is 0. The maximum atomic E-state index is 4.55. The van der Waals surface area contributed by atoms with Crippen LogP contribution in [0.4, 0.5) is 5.95 Å². The van der Waals surface area contributed by atoms with Gasteiger partial charge < -0.3 is 4.90 Å². The molecule has 0 atom stereocenters. The molecule has 1 saturated heterocycles. The van der Waals surface area contributed by atoms with Crippen molar-refractivity contribution in [2.45, 2.75) is 13.5 Å². The van der Waals surface area contributed by atoms with Crippen LogP contribution in [0.15, 0.2) is 30.7 Å². The minimum absolute atomic E-state index is 0. The Morgan fingerprint density at radius 3 is 2.64 bits per heavy atom. The van der Waals surface area contributed by atoms with E-state index in [1.165, 1.54) is 5.56 Å². The number of hydrogen-bond acceptors (Lipinski definition) is 6. The molecule has 0 aromatic carbocycles. The number of piperazine rings is 1. The summed E-state index contributed by atoms with van der Waals surface area (Å²) < 4.78 is 0. The first kappa shape index (κ1) is 19.4. The lowest BCUT2D eigenvalue weighted by atomic mass is 10.2. The number of anilines is 1. The first-order chi connectivity index (χ1) is 11.3. The molecule has 1 aliphatic rings. The molecule has 0 radical (unpaired) electrons. The van der Waals surface area contributed by atoms with E-state index in [0.29, 0.717) is 0 Å². The lowest BCUT2D eigenvalue weighted by Crippen LogP contribution is -2.46. The number of fused-ring (bicyclic) bond motifs is 1. The van der Waals surface area contributed by atoms with Crippen LogP contribution in [-0.2, 0) is 6.54 Å². The second kappa shape index (κ2) is 8.42. The van der Waals surface area contributed by atoms with Gasteiger partial charge in [0.1, 0.15) is 0 Å². The van der Waals surface area contributed by atoms with Gasteiger partial charge in [0.2, 0.25) is 5.95 Å². The predicted molar refractivity (Wildman–Crippen MR) is 103 cm³/mol. The van der Waals surface area contributed by atoms with Crippen LogP contribution in [0.2, 0.25) is 0 Å². The smallest absolute Gasteiger partial charge is 0.227 e. The molecule has 7 nitrogen and oxygen atoms in total. The molecule has 0 aliphatic carbocycles. The van der Waals surface area contributed by atoms with Crippen LogP contribution in [0.1, 0.15) is 11.3 Å². The standard InChI is InChI=1S/C16H19N7.2ClH/c1-12-3-2-4-17-14(12)11-22-5-7-23(8-6-22)16-18-9-13-10-19-21-15(13)20-16;;/h2-4,9-10H,5-8,11H2,1H3,(H,18,19,20,21);2*1H. The van der Waals surface area contributed by atoms with Crippen LogP contribution < -0.4 is 4.90 Å². The predicted octanol–water partition coefficient (Wildman–Crippen LogP) is 2.22. The second-order valence-electron chi connectivity index (χ2n) is 5.87. The first-order valence-electron chi connectivity index (χ1n) is 7.83. The van der Waals surface area contributed by atoms with Crippen molar-refractivity contribution in [2.75, 3.05) is 31.1 Å². The van der Waals surface area contributed by atoms with Gasteiger partial charge in [-0.2, -0.15) is 10.1 Å². The van der Waals surface area contributed by atoms with Crippen molar-refractivity contribution in [3.8, 4) is 0 Å². The van der Waals surface area contributed by atoms with E-state index in [-0.39, 0.29) is 24.8 Å². The summed E-state index contributed by atoms with van der Waals surface area (Å²) in [6, 6.07) is 4.10. The highest BCUT2D eigenvalue weighted by Crippen LogP contribution is 2.16. The van der Waals surface area contributed by atoms with E-state index in [0.717, 1.165) is 55.4 Å². The molecule has 0 unspecified atom stereocenters. The molecule has 25 heavy (non-hydrogen) atoms. The Balaban J connectivity index is 0.00000113. The molecule has 0 bridgehead atoms. The van der Waals surface area contributed by atoms with E-state index in [1.807, 2.05) is 18.5 Å². The molecular formula is C16H21Cl2N7. The zero-order valence-corrected chi connectivity index (χ0v) is 15.6. The van der Waals surface area contributed by atoms with Gasteiger partial charge in [0, 0.05) is 45.1 Å². The van der Waals surface area contributed by atoms with Crippen molar-refractivity contribution >= 4 is 41.8 Å². The number of rotatable bonds is 3. The molecule has 3 aromatic heterocycles. The summed E-state index contributed by atoms with van der Waals surface area (Å²) in [6.45, 7) is 6.84. The number of nitrogens with one attached hydrogen (secondary N) is 1. The third-order valence-electron chi connectivity index (χ3n) is 4.32. The molecule has 0 spiro atoms. The highest BCUT2D eigenvalue weighted by atomic mass is 35.5. The van der Waals surface area contributed by atoms with Crippen LogP contribution in [0.5, 0.6) is 0 Å². The normalized spacial score (nSPS) is 14.8. The highest BCUT2D eigenvalue weighted by molar-refractivity contribution is 5.85. The summed E-state index contributed by atoms with van der Waals surface area (Å²) in [5.41, 5.74) is 3.21. The SMILES string of the molecule is Cc1cccnc1CN1CCN(c2ncc3cn[nH]c3n2)CC1.Cl.Cl. The molecule has 1 N–H and O–H groups in total. The molecule has 3 aromatic rings. The van der Waals surface area contributed by atoms with Gasteiger partial charge in [-0.05, 0) is 18.6 Å². The molecule has 0 saturated carbocycles. The number of H-pyrrole nitrogens is 1. The molecule has 9 heteroatoms. The number of aryl methyl sites for hydroxylation is 1. The molecule has 0 amide bonds. The topological polar surface area (TPSA) is 73.8 Å². The van der Waals surface area contributed by atoms with E-state index < -0.39 is 0 Å². The number of halogens is 2.